The van der Waals surface area contributed by atoms with Crippen molar-refractivity contribution in [2.75, 3.05) is 0 Å². The van der Waals surface area contributed by atoms with Crippen molar-refractivity contribution in [1.29, 1.82) is 0 Å². The molecule has 0 atom stereocenters. The zero-order chi connectivity index (χ0) is 10.9. The lowest BCUT2D eigenvalue weighted by atomic mass is 10.2. The summed E-state index contributed by atoms with van der Waals surface area (Å²) in [6, 6.07) is 2.86. The second kappa shape index (κ2) is 3.32. The average molecular weight is 204 g/mol. The van der Waals surface area contributed by atoms with Crippen molar-refractivity contribution in [2.24, 2.45) is 0 Å². The molecule has 0 aliphatic carbocycles. The SMILES string of the molecule is Cc1ccc(=O)c(O)c(C(F)(F)F)c1. The Morgan fingerprint density at radius 3 is 2.36 bits per heavy atom. The second-order valence-corrected chi connectivity index (χ2v) is 2.85. The zero-order valence-corrected chi connectivity index (χ0v) is 7.22. The van der Waals surface area contributed by atoms with Gasteiger partial charge in [0.2, 0.25) is 5.43 Å². The van der Waals surface area contributed by atoms with Crippen LogP contribution in [0.3, 0.4) is 0 Å². The van der Waals surface area contributed by atoms with Crippen molar-refractivity contribution >= 4 is 0 Å². The van der Waals surface area contributed by atoms with Gasteiger partial charge in [0.15, 0.2) is 5.75 Å². The summed E-state index contributed by atoms with van der Waals surface area (Å²) in [5.41, 5.74) is -2.08. The van der Waals surface area contributed by atoms with Crippen LogP contribution in [0.15, 0.2) is 23.0 Å². The Bertz CT molecular complexity index is 410. The van der Waals surface area contributed by atoms with E-state index in [0.29, 0.717) is 0 Å². The predicted octanol–water partition coefficient (Wildman–Crippen LogP) is 2.08. The maximum atomic E-state index is 12.3. The van der Waals surface area contributed by atoms with E-state index in [0.717, 1.165) is 12.1 Å². The Kier molecular flexibility index (Phi) is 2.51. The number of aryl methyl sites for hydroxylation is 1. The van der Waals surface area contributed by atoms with Gasteiger partial charge in [-0.15, -0.1) is 0 Å². The first-order valence-electron chi connectivity index (χ1n) is 3.73. The van der Waals surface area contributed by atoms with Gasteiger partial charge in [-0.3, -0.25) is 4.79 Å². The lowest BCUT2D eigenvalue weighted by molar-refractivity contribution is -0.138. The Morgan fingerprint density at radius 2 is 1.86 bits per heavy atom. The summed E-state index contributed by atoms with van der Waals surface area (Å²) in [6.07, 6.45) is -4.72. The molecule has 0 unspecified atom stereocenters. The van der Waals surface area contributed by atoms with Crippen LogP contribution in [0.25, 0.3) is 0 Å². The Balaban J connectivity index is 3.60. The largest absolute Gasteiger partial charge is 0.504 e. The highest BCUT2D eigenvalue weighted by molar-refractivity contribution is 5.35. The maximum absolute atomic E-state index is 12.3. The molecule has 0 aliphatic rings. The fourth-order valence-corrected chi connectivity index (χ4v) is 0.979. The van der Waals surface area contributed by atoms with Crippen molar-refractivity contribution < 1.29 is 18.3 Å². The lowest BCUT2D eigenvalue weighted by Crippen LogP contribution is -2.08. The van der Waals surface area contributed by atoms with E-state index in [1.165, 1.54) is 13.0 Å². The van der Waals surface area contributed by atoms with Gasteiger partial charge in [0, 0.05) is 0 Å². The van der Waals surface area contributed by atoms with E-state index >= 15 is 0 Å². The van der Waals surface area contributed by atoms with Gasteiger partial charge in [-0.1, -0.05) is 11.6 Å². The van der Waals surface area contributed by atoms with Crippen LogP contribution in [0.5, 0.6) is 5.75 Å². The van der Waals surface area contributed by atoms with Gasteiger partial charge in [-0.05, 0) is 19.1 Å². The highest BCUT2D eigenvalue weighted by Crippen LogP contribution is 2.33. The molecule has 0 radical (unpaired) electrons. The molecule has 0 saturated heterocycles. The van der Waals surface area contributed by atoms with Crippen LogP contribution < -0.4 is 5.43 Å². The minimum atomic E-state index is -4.72. The Labute approximate surface area is 77.6 Å². The van der Waals surface area contributed by atoms with Crippen molar-refractivity contribution in [1.82, 2.24) is 0 Å². The van der Waals surface area contributed by atoms with Crippen molar-refractivity contribution in [2.45, 2.75) is 13.1 Å². The van der Waals surface area contributed by atoms with Crippen molar-refractivity contribution in [3.05, 3.63) is 39.5 Å². The molecule has 0 saturated carbocycles. The first kappa shape index (κ1) is 10.6. The Morgan fingerprint density at radius 1 is 1.29 bits per heavy atom. The van der Waals surface area contributed by atoms with Crippen LogP contribution in [-0.4, -0.2) is 5.11 Å². The molecule has 76 valence electrons. The molecule has 0 spiro atoms. The molecule has 0 fully saturated rings. The molecule has 0 heterocycles. The molecule has 1 rings (SSSR count). The predicted molar refractivity (Wildman–Crippen MR) is 44.1 cm³/mol. The van der Waals surface area contributed by atoms with Gasteiger partial charge in [0.1, 0.15) is 5.56 Å². The Hall–Kier alpha value is -1.52. The lowest BCUT2D eigenvalue weighted by Gasteiger charge is -2.05. The monoisotopic (exact) mass is 204 g/mol. The van der Waals surface area contributed by atoms with Gasteiger partial charge in [-0.2, -0.15) is 13.2 Å². The minimum absolute atomic E-state index is 0.259. The van der Waals surface area contributed by atoms with E-state index in [-0.39, 0.29) is 5.56 Å². The average Bonchev–Trinajstić information content (AvgIpc) is 2.17. The topological polar surface area (TPSA) is 37.3 Å². The number of hydrogen-bond acceptors (Lipinski definition) is 2. The van der Waals surface area contributed by atoms with Crippen molar-refractivity contribution in [3.8, 4) is 5.75 Å². The van der Waals surface area contributed by atoms with E-state index in [2.05, 4.69) is 0 Å². The number of rotatable bonds is 0. The summed E-state index contributed by atoms with van der Waals surface area (Å²) >= 11 is 0. The summed E-state index contributed by atoms with van der Waals surface area (Å²) in [5, 5.41) is 8.99. The summed E-state index contributed by atoms with van der Waals surface area (Å²) in [7, 11) is 0. The fraction of sp³-hybridized carbons (Fsp3) is 0.222. The third-order valence-electron chi connectivity index (χ3n) is 1.66. The fourth-order valence-electron chi connectivity index (χ4n) is 0.979. The molecule has 1 aromatic carbocycles. The van der Waals surface area contributed by atoms with E-state index in [1.54, 1.807) is 0 Å². The standard InChI is InChI=1S/C9H7F3O2/c1-5-2-3-7(13)8(14)6(4-5)9(10,11)12/h2-4H,1H3,(H,13,14). The molecule has 1 aromatic rings. The maximum Gasteiger partial charge on any atom is 0.420 e. The second-order valence-electron chi connectivity index (χ2n) is 2.85. The summed E-state index contributed by atoms with van der Waals surface area (Å²) in [4.78, 5) is 10.9. The van der Waals surface area contributed by atoms with Crippen LogP contribution in [0.2, 0.25) is 0 Å². The van der Waals surface area contributed by atoms with E-state index in [9.17, 15) is 18.0 Å². The highest BCUT2D eigenvalue weighted by Gasteiger charge is 2.34. The number of halogens is 3. The summed E-state index contributed by atoms with van der Waals surface area (Å²) in [5.74, 6) is -1.26. The highest BCUT2D eigenvalue weighted by atomic mass is 19.4. The molecule has 1 N–H and O–H groups in total. The third kappa shape index (κ3) is 2.04. The quantitative estimate of drug-likeness (QED) is 0.702. The molecule has 2 nitrogen and oxygen atoms in total. The molecule has 0 aromatic heterocycles. The van der Waals surface area contributed by atoms with Crippen LogP contribution in [0, 0.1) is 6.92 Å². The smallest absolute Gasteiger partial charge is 0.420 e. The first-order chi connectivity index (χ1) is 6.32. The molecular weight excluding hydrogens is 197 g/mol. The minimum Gasteiger partial charge on any atom is -0.504 e. The van der Waals surface area contributed by atoms with E-state index in [4.69, 9.17) is 5.11 Å². The summed E-state index contributed by atoms with van der Waals surface area (Å²) in [6.45, 7) is 1.41. The van der Waals surface area contributed by atoms with Gasteiger partial charge < -0.3 is 5.11 Å². The molecule has 0 aliphatic heterocycles. The number of aromatic hydroxyl groups is 1. The van der Waals surface area contributed by atoms with Gasteiger partial charge in [0.25, 0.3) is 0 Å². The molecule has 14 heavy (non-hydrogen) atoms. The molecular formula is C9H7F3O2. The van der Waals surface area contributed by atoms with Crippen molar-refractivity contribution in [3.63, 3.8) is 0 Å². The van der Waals surface area contributed by atoms with Gasteiger partial charge in [-0.25, -0.2) is 0 Å². The van der Waals surface area contributed by atoms with E-state index < -0.39 is 22.9 Å². The first-order valence-corrected chi connectivity index (χ1v) is 3.73. The van der Waals surface area contributed by atoms with Gasteiger partial charge in [0.05, 0.1) is 0 Å². The van der Waals surface area contributed by atoms with Crippen LogP contribution >= 0.6 is 0 Å². The zero-order valence-electron chi connectivity index (χ0n) is 7.22. The molecule has 5 heteroatoms. The molecule has 0 bridgehead atoms. The number of hydrogen-bond donors (Lipinski definition) is 1. The summed E-state index contributed by atoms with van der Waals surface area (Å²) < 4.78 is 36.8. The normalized spacial score (nSPS) is 11.4. The van der Waals surface area contributed by atoms with E-state index in [1.807, 2.05) is 0 Å². The molecule has 0 amide bonds. The van der Waals surface area contributed by atoms with Crippen LogP contribution in [0.4, 0.5) is 13.2 Å². The third-order valence-corrected chi connectivity index (χ3v) is 1.66. The van der Waals surface area contributed by atoms with Crippen LogP contribution in [0.1, 0.15) is 11.1 Å². The van der Waals surface area contributed by atoms with Crippen LogP contribution in [-0.2, 0) is 6.18 Å². The number of alkyl halides is 3. The van der Waals surface area contributed by atoms with Gasteiger partial charge >= 0.3 is 6.18 Å².